The SMILES string of the molecule is CC(CO)CNc1nc(N)nc(N2CCCCC2)n1. The van der Waals surface area contributed by atoms with Crippen molar-refractivity contribution in [3.63, 3.8) is 0 Å². The van der Waals surface area contributed by atoms with Gasteiger partial charge in [0.2, 0.25) is 17.8 Å². The number of aliphatic hydroxyl groups excluding tert-OH is 1. The highest BCUT2D eigenvalue weighted by Gasteiger charge is 2.15. The van der Waals surface area contributed by atoms with Crippen molar-refractivity contribution in [2.45, 2.75) is 26.2 Å². The molecule has 0 aromatic carbocycles. The summed E-state index contributed by atoms with van der Waals surface area (Å²) < 4.78 is 0. The van der Waals surface area contributed by atoms with Crippen LogP contribution in [0.15, 0.2) is 0 Å². The van der Waals surface area contributed by atoms with Crippen molar-refractivity contribution in [3.05, 3.63) is 0 Å². The normalized spacial score (nSPS) is 17.3. The average molecular weight is 266 g/mol. The van der Waals surface area contributed by atoms with Gasteiger partial charge in [0.25, 0.3) is 0 Å². The van der Waals surface area contributed by atoms with Crippen LogP contribution in [0, 0.1) is 5.92 Å². The highest BCUT2D eigenvalue weighted by molar-refractivity contribution is 5.42. The van der Waals surface area contributed by atoms with Crippen LogP contribution in [0.3, 0.4) is 0 Å². The number of nitrogens with two attached hydrogens (primary N) is 1. The number of aromatic nitrogens is 3. The Kier molecular flexibility index (Phi) is 4.73. The Hall–Kier alpha value is -1.63. The average Bonchev–Trinajstić information content (AvgIpc) is 2.45. The molecule has 4 N–H and O–H groups in total. The van der Waals surface area contributed by atoms with E-state index in [1.807, 2.05) is 6.92 Å². The molecule has 19 heavy (non-hydrogen) atoms. The Balaban J connectivity index is 2.05. The molecule has 7 nitrogen and oxygen atoms in total. The third kappa shape index (κ3) is 3.92. The van der Waals surface area contributed by atoms with Gasteiger partial charge in [-0.15, -0.1) is 0 Å². The van der Waals surface area contributed by atoms with Gasteiger partial charge in [0, 0.05) is 26.2 Å². The van der Waals surface area contributed by atoms with Crippen LogP contribution >= 0.6 is 0 Å². The summed E-state index contributed by atoms with van der Waals surface area (Å²) in [6, 6.07) is 0. The molecule has 1 unspecified atom stereocenters. The highest BCUT2D eigenvalue weighted by Crippen LogP contribution is 2.17. The van der Waals surface area contributed by atoms with Crippen molar-refractivity contribution in [2.24, 2.45) is 5.92 Å². The van der Waals surface area contributed by atoms with Gasteiger partial charge in [-0.05, 0) is 25.2 Å². The van der Waals surface area contributed by atoms with Gasteiger partial charge in [-0.3, -0.25) is 0 Å². The van der Waals surface area contributed by atoms with Crippen LogP contribution in [0.4, 0.5) is 17.8 Å². The van der Waals surface area contributed by atoms with E-state index in [1.54, 1.807) is 0 Å². The lowest BCUT2D eigenvalue weighted by Crippen LogP contribution is -2.31. The van der Waals surface area contributed by atoms with E-state index in [-0.39, 0.29) is 18.5 Å². The number of hydrogen-bond acceptors (Lipinski definition) is 7. The van der Waals surface area contributed by atoms with E-state index in [2.05, 4.69) is 25.2 Å². The molecule has 1 saturated heterocycles. The first-order valence-electron chi connectivity index (χ1n) is 6.80. The van der Waals surface area contributed by atoms with Crippen LogP contribution in [-0.4, -0.2) is 46.3 Å². The fourth-order valence-corrected chi connectivity index (χ4v) is 2.03. The quantitative estimate of drug-likeness (QED) is 0.712. The van der Waals surface area contributed by atoms with E-state index in [4.69, 9.17) is 10.8 Å². The molecule has 7 heteroatoms. The fourth-order valence-electron chi connectivity index (χ4n) is 2.03. The molecular formula is C12H22N6O. The largest absolute Gasteiger partial charge is 0.396 e. The molecule has 2 rings (SSSR count). The maximum Gasteiger partial charge on any atom is 0.231 e. The standard InChI is InChI=1S/C12H22N6O/c1-9(8-19)7-14-11-15-10(13)16-12(17-11)18-5-3-2-4-6-18/h9,19H,2-8H2,1H3,(H3,13,14,15,16,17). The van der Waals surface area contributed by atoms with Gasteiger partial charge in [-0.2, -0.15) is 15.0 Å². The monoisotopic (exact) mass is 266 g/mol. The van der Waals surface area contributed by atoms with Crippen LogP contribution in [0.5, 0.6) is 0 Å². The third-order valence-electron chi connectivity index (χ3n) is 3.20. The van der Waals surface area contributed by atoms with Gasteiger partial charge in [0.05, 0.1) is 0 Å². The summed E-state index contributed by atoms with van der Waals surface area (Å²) in [4.78, 5) is 14.8. The summed E-state index contributed by atoms with van der Waals surface area (Å²) >= 11 is 0. The van der Waals surface area contributed by atoms with Crippen molar-refractivity contribution in [1.82, 2.24) is 15.0 Å². The molecule has 0 bridgehead atoms. The second-order valence-corrected chi connectivity index (χ2v) is 5.03. The molecule has 0 aliphatic carbocycles. The molecule has 1 atom stereocenters. The summed E-state index contributed by atoms with van der Waals surface area (Å²) in [6.07, 6.45) is 3.59. The topological polar surface area (TPSA) is 100 Å². The number of nitrogen functional groups attached to an aromatic ring is 1. The Morgan fingerprint density at radius 1 is 1.26 bits per heavy atom. The number of nitrogens with zero attached hydrogens (tertiary/aromatic N) is 4. The molecule has 1 aliphatic heterocycles. The lowest BCUT2D eigenvalue weighted by Gasteiger charge is -2.26. The van der Waals surface area contributed by atoms with Crippen molar-refractivity contribution in [2.75, 3.05) is 42.2 Å². The van der Waals surface area contributed by atoms with Gasteiger partial charge in [0.15, 0.2) is 0 Å². The molecule has 1 aliphatic rings. The molecule has 1 fully saturated rings. The number of rotatable bonds is 5. The predicted octanol–water partition coefficient (Wildman–Crippen LogP) is 0.484. The van der Waals surface area contributed by atoms with Crippen LogP contribution in [0.25, 0.3) is 0 Å². The van der Waals surface area contributed by atoms with Crippen molar-refractivity contribution in [1.29, 1.82) is 0 Å². The third-order valence-corrected chi connectivity index (χ3v) is 3.20. The first-order valence-corrected chi connectivity index (χ1v) is 6.80. The second-order valence-electron chi connectivity index (χ2n) is 5.03. The first-order chi connectivity index (χ1) is 9.19. The number of anilines is 3. The van der Waals surface area contributed by atoms with Crippen LogP contribution < -0.4 is 16.0 Å². The van der Waals surface area contributed by atoms with Crippen LogP contribution in [0.2, 0.25) is 0 Å². The molecule has 0 saturated carbocycles. The summed E-state index contributed by atoms with van der Waals surface area (Å²) in [7, 11) is 0. The van der Waals surface area contributed by atoms with E-state index in [0.717, 1.165) is 25.9 Å². The van der Waals surface area contributed by atoms with Crippen molar-refractivity contribution in [3.8, 4) is 0 Å². The number of nitrogens with one attached hydrogen (secondary N) is 1. The van der Waals surface area contributed by atoms with E-state index >= 15 is 0 Å². The molecule has 106 valence electrons. The zero-order valence-electron chi connectivity index (χ0n) is 11.3. The minimum Gasteiger partial charge on any atom is -0.396 e. The zero-order chi connectivity index (χ0) is 13.7. The predicted molar refractivity (Wildman–Crippen MR) is 75.0 cm³/mol. The molecule has 1 aromatic rings. The number of hydrogen-bond donors (Lipinski definition) is 3. The second kappa shape index (κ2) is 6.51. The van der Waals surface area contributed by atoms with E-state index in [1.165, 1.54) is 6.42 Å². The van der Waals surface area contributed by atoms with E-state index in [0.29, 0.717) is 18.4 Å². The Labute approximate surface area is 113 Å². The molecule has 2 heterocycles. The van der Waals surface area contributed by atoms with Crippen molar-refractivity contribution < 1.29 is 5.11 Å². The fraction of sp³-hybridized carbons (Fsp3) is 0.750. The summed E-state index contributed by atoms with van der Waals surface area (Å²) in [5.74, 6) is 1.51. The molecule has 0 amide bonds. The number of aliphatic hydroxyl groups is 1. The van der Waals surface area contributed by atoms with Crippen LogP contribution in [-0.2, 0) is 0 Å². The summed E-state index contributed by atoms with van der Waals surface area (Å²) in [5.41, 5.74) is 5.73. The summed E-state index contributed by atoms with van der Waals surface area (Å²) in [6.45, 7) is 4.63. The van der Waals surface area contributed by atoms with E-state index < -0.39 is 0 Å². The smallest absolute Gasteiger partial charge is 0.231 e. The Morgan fingerprint density at radius 3 is 2.68 bits per heavy atom. The van der Waals surface area contributed by atoms with E-state index in [9.17, 15) is 0 Å². The number of piperidine rings is 1. The first kappa shape index (κ1) is 13.8. The van der Waals surface area contributed by atoms with Crippen LogP contribution in [0.1, 0.15) is 26.2 Å². The molecule has 0 radical (unpaired) electrons. The highest BCUT2D eigenvalue weighted by atomic mass is 16.3. The Bertz CT molecular complexity index is 407. The van der Waals surface area contributed by atoms with Gasteiger partial charge < -0.3 is 21.1 Å². The van der Waals surface area contributed by atoms with Gasteiger partial charge in [0.1, 0.15) is 0 Å². The molecule has 1 aromatic heterocycles. The van der Waals surface area contributed by atoms with Gasteiger partial charge in [-0.1, -0.05) is 6.92 Å². The van der Waals surface area contributed by atoms with Crippen molar-refractivity contribution >= 4 is 17.8 Å². The minimum atomic E-state index is 0.131. The molecule has 0 spiro atoms. The van der Waals surface area contributed by atoms with Gasteiger partial charge >= 0.3 is 0 Å². The van der Waals surface area contributed by atoms with Gasteiger partial charge in [-0.25, -0.2) is 0 Å². The summed E-state index contributed by atoms with van der Waals surface area (Å²) in [5, 5.41) is 12.1. The molecular weight excluding hydrogens is 244 g/mol. The Morgan fingerprint density at radius 2 is 2.00 bits per heavy atom. The lowest BCUT2D eigenvalue weighted by atomic mass is 10.1. The zero-order valence-corrected chi connectivity index (χ0v) is 11.3. The maximum absolute atomic E-state index is 9.00. The minimum absolute atomic E-state index is 0.131. The lowest BCUT2D eigenvalue weighted by molar-refractivity contribution is 0.244. The maximum atomic E-state index is 9.00.